The highest BCUT2D eigenvalue weighted by Crippen LogP contribution is 2.18. The number of carbonyl (C=O) groups excluding carboxylic acids is 2. The lowest BCUT2D eigenvalue weighted by Gasteiger charge is -2.34. The van der Waals surface area contributed by atoms with E-state index in [1.807, 2.05) is 6.92 Å². The lowest BCUT2D eigenvalue weighted by atomic mass is 10.0. The molecule has 1 saturated heterocycles. The molecule has 116 valence electrons. The number of aryl methyl sites for hydroxylation is 1. The number of carbonyl (C=O) groups is 2. The number of thiazole rings is 1. The van der Waals surface area contributed by atoms with Crippen molar-refractivity contribution >= 4 is 23.2 Å². The molecule has 0 aromatic carbocycles. The highest BCUT2D eigenvalue weighted by molar-refractivity contribution is 7.07. The molecule has 1 aliphatic heterocycles. The number of hydrogen-bond donors (Lipinski definition) is 1. The van der Waals surface area contributed by atoms with Gasteiger partial charge in [-0.2, -0.15) is 0 Å². The maximum absolute atomic E-state index is 12.4. The van der Waals surface area contributed by atoms with Gasteiger partial charge in [0.05, 0.1) is 0 Å². The van der Waals surface area contributed by atoms with E-state index in [4.69, 9.17) is 0 Å². The van der Waals surface area contributed by atoms with E-state index in [1.165, 1.54) is 0 Å². The Morgan fingerprint density at radius 3 is 2.81 bits per heavy atom. The van der Waals surface area contributed by atoms with Gasteiger partial charge in [-0.25, -0.2) is 0 Å². The van der Waals surface area contributed by atoms with Crippen molar-refractivity contribution in [3.63, 3.8) is 0 Å². The Labute approximate surface area is 127 Å². The molecule has 0 bridgehead atoms. The Hall–Kier alpha value is -1.63. The molecule has 2 heterocycles. The molecule has 1 aromatic heterocycles. The molecular formula is C14H21N3O3S. The standard InChI is InChI=1S/C14H21N3O3S/c1-10-9-21-14(20)16(10)8-6-12(18)17-7-4-3-5-11(17)13(19)15-2/h9,11H,3-8H2,1-2H3,(H,15,19)/t11-/m1/s1. The minimum absolute atomic E-state index is 0.0400. The zero-order valence-corrected chi connectivity index (χ0v) is 13.2. The van der Waals surface area contributed by atoms with Gasteiger partial charge in [0.25, 0.3) is 0 Å². The summed E-state index contributed by atoms with van der Waals surface area (Å²) in [5.41, 5.74) is 0.874. The van der Waals surface area contributed by atoms with Crippen LogP contribution in [0.2, 0.25) is 0 Å². The quantitative estimate of drug-likeness (QED) is 0.891. The molecule has 0 unspecified atom stereocenters. The zero-order chi connectivity index (χ0) is 15.4. The lowest BCUT2D eigenvalue weighted by Crippen LogP contribution is -2.51. The molecule has 21 heavy (non-hydrogen) atoms. The highest BCUT2D eigenvalue weighted by Gasteiger charge is 2.31. The molecule has 1 atom stereocenters. The normalized spacial score (nSPS) is 18.6. The fourth-order valence-corrected chi connectivity index (χ4v) is 3.46. The summed E-state index contributed by atoms with van der Waals surface area (Å²) < 4.78 is 1.61. The maximum Gasteiger partial charge on any atom is 0.307 e. The summed E-state index contributed by atoms with van der Waals surface area (Å²) in [6.45, 7) is 2.86. The fourth-order valence-electron chi connectivity index (χ4n) is 2.69. The number of amides is 2. The van der Waals surface area contributed by atoms with E-state index in [2.05, 4.69) is 5.32 Å². The van der Waals surface area contributed by atoms with Crippen LogP contribution >= 0.6 is 11.3 Å². The predicted octanol–water partition coefficient (Wildman–Crippen LogP) is 0.735. The summed E-state index contributed by atoms with van der Waals surface area (Å²) in [7, 11) is 1.59. The van der Waals surface area contributed by atoms with Crippen molar-refractivity contribution in [1.29, 1.82) is 0 Å². The van der Waals surface area contributed by atoms with Gasteiger partial charge in [-0.3, -0.25) is 14.4 Å². The number of likely N-dealkylation sites (N-methyl/N-ethyl adjacent to an activating group) is 1. The summed E-state index contributed by atoms with van der Waals surface area (Å²) >= 11 is 1.15. The van der Waals surface area contributed by atoms with Crippen molar-refractivity contribution in [3.05, 3.63) is 20.7 Å². The third kappa shape index (κ3) is 3.53. The van der Waals surface area contributed by atoms with Crippen LogP contribution in [0.25, 0.3) is 0 Å². The third-order valence-corrected chi connectivity index (χ3v) is 4.78. The van der Waals surface area contributed by atoms with Gasteiger partial charge in [-0.1, -0.05) is 11.3 Å². The van der Waals surface area contributed by atoms with Crippen molar-refractivity contribution in [2.24, 2.45) is 0 Å². The van der Waals surface area contributed by atoms with E-state index in [9.17, 15) is 14.4 Å². The van der Waals surface area contributed by atoms with Gasteiger partial charge >= 0.3 is 4.87 Å². The number of nitrogens with one attached hydrogen (secondary N) is 1. The first-order valence-corrected chi connectivity index (χ1v) is 8.08. The van der Waals surface area contributed by atoms with Crippen LogP contribution in [0, 0.1) is 6.92 Å². The summed E-state index contributed by atoms with van der Waals surface area (Å²) in [5, 5.41) is 4.41. The maximum atomic E-state index is 12.4. The molecule has 0 saturated carbocycles. The predicted molar refractivity (Wildman–Crippen MR) is 81.4 cm³/mol. The first-order valence-electron chi connectivity index (χ1n) is 7.20. The van der Waals surface area contributed by atoms with Gasteiger partial charge in [0.2, 0.25) is 11.8 Å². The molecule has 2 rings (SSSR count). The van der Waals surface area contributed by atoms with Gasteiger partial charge in [0, 0.05) is 37.6 Å². The monoisotopic (exact) mass is 311 g/mol. The van der Waals surface area contributed by atoms with Crippen molar-refractivity contribution in [2.75, 3.05) is 13.6 Å². The summed E-state index contributed by atoms with van der Waals surface area (Å²) in [6.07, 6.45) is 2.86. The van der Waals surface area contributed by atoms with E-state index in [1.54, 1.807) is 21.9 Å². The van der Waals surface area contributed by atoms with Crippen LogP contribution in [0.3, 0.4) is 0 Å². The molecule has 0 aliphatic carbocycles. The second-order valence-electron chi connectivity index (χ2n) is 5.26. The molecule has 1 aliphatic rings. The molecule has 0 spiro atoms. The van der Waals surface area contributed by atoms with E-state index in [0.717, 1.165) is 29.9 Å². The molecule has 2 amide bonds. The molecule has 1 N–H and O–H groups in total. The van der Waals surface area contributed by atoms with Crippen molar-refractivity contribution in [1.82, 2.24) is 14.8 Å². The molecule has 6 nitrogen and oxygen atoms in total. The van der Waals surface area contributed by atoms with E-state index >= 15 is 0 Å². The average Bonchev–Trinajstić information content (AvgIpc) is 2.82. The zero-order valence-electron chi connectivity index (χ0n) is 12.4. The summed E-state index contributed by atoms with van der Waals surface area (Å²) in [6, 6.07) is -0.364. The SMILES string of the molecule is CNC(=O)[C@H]1CCCCN1C(=O)CCn1c(C)csc1=O. The van der Waals surface area contributed by atoms with Crippen LogP contribution in [0.15, 0.2) is 10.2 Å². The number of likely N-dealkylation sites (tertiary alicyclic amines) is 1. The molecule has 1 fully saturated rings. The smallest absolute Gasteiger partial charge is 0.307 e. The van der Waals surface area contributed by atoms with Crippen LogP contribution in [-0.2, 0) is 16.1 Å². The van der Waals surface area contributed by atoms with Gasteiger partial charge in [-0.15, -0.1) is 0 Å². The van der Waals surface area contributed by atoms with Gasteiger partial charge < -0.3 is 14.8 Å². The number of aromatic nitrogens is 1. The first kappa shape index (κ1) is 15.8. The van der Waals surface area contributed by atoms with Gasteiger partial charge in [-0.05, 0) is 26.2 Å². The third-order valence-electron chi connectivity index (χ3n) is 3.90. The Balaban J connectivity index is 2.01. The van der Waals surface area contributed by atoms with Gasteiger partial charge in [0.15, 0.2) is 0 Å². The first-order chi connectivity index (χ1) is 10.0. The van der Waals surface area contributed by atoms with Crippen molar-refractivity contribution in [2.45, 2.75) is 45.2 Å². The van der Waals surface area contributed by atoms with Crippen LogP contribution in [0.1, 0.15) is 31.4 Å². The molecule has 1 aromatic rings. The Bertz CT molecular complexity index is 578. The molecule has 7 heteroatoms. The number of nitrogens with zero attached hydrogens (tertiary/aromatic N) is 2. The second-order valence-corrected chi connectivity index (χ2v) is 6.08. The minimum Gasteiger partial charge on any atom is -0.357 e. The number of piperidine rings is 1. The summed E-state index contributed by atoms with van der Waals surface area (Å²) in [5.74, 6) is -0.160. The number of rotatable bonds is 4. The largest absolute Gasteiger partial charge is 0.357 e. The Morgan fingerprint density at radius 1 is 1.43 bits per heavy atom. The number of hydrogen-bond acceptors (Lipinski definition) is 4. The molecule has 0 radical (unpaired) electrons. The topological polar surface area (TPSA) is 71.4 Å². The summed E-state index contributed by atoms with van der Waals surface area (Å²) in [4.78, 5) is 37.5. The lowest BCUT2D eigenvalue weighted by molar-refractivity contribution is -0.142. The van der Waals surface area contributed by atoms with Crippen molar-refractivity contribution < 1.29 is 9.59 Å². The fraction of sp³-hybridized carbons (Fsp3) is 0.643. The van der Waals surface area contributed by atoms with Crippen molar-refractivity contribution in [3.8, 4) is 0 Å². The van der Waals surface area contributed by atoms with E-state index in [-0.39, 0.29) is 29.1 Å². The highest BCUT2D eigenvalue weighted by atomic mass is 32.1. The Morgan fingerprint density at radius 2 is 2.19 bits per heavy atom. The van der Waals surface area contributed by atoms with Crippen LogP contribution in [0.4, 0.5) is 0 Å². The van der Waals surface area contributed by atoms with Crippen LogP contribution in [0.5, 0.6) is 0 Å². The van der Waals surface area contributed by atoms with E-state index in [0.29, 0.717) is 19.5 Å². The molecular weight excluding hydrogens is 290 g/mol. The van der Waals surface area contributed by atoms with Gasteiger partial charge in [0.1, 0.15) is 6.04 Å². The second kappa shape index (κ2) is 6.89. The van der Waals surface area contributed by atoms with Crippen LogP contribution in [-0.4, -0.2) is 40.9 Å². The minimum atomic E-state index is -0.364. The Kier molecular flexibility index (Phi) is 5.17. The van der Waals surface area contributed by atoms with Crippen LogP contribution < -0.4 is 10.2 Å². The van der Waals surface area contributed by atoms with E-state index < -0.39 is 0 Å². The average molecular weight is 311 g/mol.